The molecule has 0 bridgehead atoms. The van der Waals surface area contributed by atoms with E-state index in [1.54, 1.807) is 29.2 Å². The van der Waals surface area contributed by atoms with Crippen LogP contribution in [0.15, 0.2) is 84.4 Å². The maximum absolute atomic E-state index is 13.2. The lowest BCUT2D eigenvalue weighted by molar-refractivity contribution is -0.140. The third-order valence-electron chi connectivity index (χ3n) is 6.04. The topological polar surface area (TPSA) is 66.8 Å². The number of aryl methyl sites for hydroxylation is 1. The molecule has 1 aliphatic heterocycles. The predicted molar refractivity (Wildman–Crippen MR) is 132 cm³/mol. The van der Waals surface area contributed by atoms with Gasteiger partial charge in [0.1, 0.15) is 11.5 Å². The zero-order valence-electron chi connectivity index (χ0n) is 19.5. The average molecular weight is 456 g/mol. The summed E-state index contributed by atoms with van der Waals surface area (Å²) in [7, 11) is 0. The number of benzene rings is 3. The molecule has 1 aliphatic rings. The van der Waals surface area contributed by atoms with Crippen molar-refractivity contribution in [1.82, 2.24) is 4.90 Å². The number of likely N-dealkylation sites (tertiary alicyclic amines) is 1. The van der Waals surface area contributed by atoms with Crippen molar-refractivity contribution in [3.05, 3.63) is 107 Å². The zero-order chi connectivity index (χ0) is 24.1. The SMILES string of the molecule is CCCOc1ccc(C(O)=C2C(=O)C(=O)N(Cc3ccccc3)C2c2ccc(CC)cc2)cc1. The molecule has 174 valence electrons. The number of aliphatic hydroxyl groups is 1. The first kappa shape index (κ1) is 23.3. The normalized spacial score (nSPS) is 17.2. The molecule has 3 aromatic rings. The van der Waals surface area contributed by atoms with E-state index in [0.717, 1.165) is 29.5 Å². The van der Waals surface area contributed by atoms with Crippen molar-refractivity contribution in [2.75, 3.05) is 6.61 Å². The molecule has 0 saturated carbocycles. The van der Waals surface area contributed by atoms with Gasteiger partial charge < -0.3 is 14.7 Å². The molecule has 0 radical (unpaired) electrons. The highest BCUT2D eigenvalue weighted by molar-refractivity contribution is 6.46. The number of ether oxygens (including phenoxy) is 1. The Hall–Kier alpha value is -3.86. The van der Waals surface area contributed by atoms with Crippen molar-refractivity contribution in [2.24, 2.45) is 0 Å². The van der Waals surface area contributed by atoms with Crippen molar-refractivity contribution in [3.8, 4) is 5.75 Å². The van der Waals surface area contributed by atoms with Crippen LogP contribution in [0, 0.1) is 0 Å². The van der Waals surface area contributed by atoms with Gasteiger partial charge in [-0.1, -0.05) is 68.4 Å². The summed E-state index contributed by atoms with van der Waals surface area (Å²) in [6, 6.07) is 23.7. The first-order chi connectivity index (χ1) is 16.5. The molecule has 1 atom stereocenters. The van der Waals surface area contributed by atoms with Crippen molar-refractivity contribution < 1.29 is 19.4 Å². The van der Waals surface area contributed by atoms with Crippen molar-refractivity contribution in [1.29, 1.82) is 0 Å². The Labute approximate surface area is 200 Å². The maximum Gasteiger partial charge on any atom is 0.295 e. The van der Waals surface area contributed by atoms with Crippen LogP contribution in [0.4, 0.5) is 0 Å². The van der Waals surface area contributed by atoms with Gasteiger partial charge in [-0.2, -0.15) is 0 Å². The summed E-state index contributed by atoms with van der Waals surface area (Å²) in [5.41, 5.74) is 3.43. The highest BCUT2D eigenvalue weighted by atomic mass is 16.5. The molecule has 1 N–H and O–H groups in total. The molecule has 1 saturated heterocycles. The minimum absolute atomic E-state index is 0.104. The Morgan fingerprint density at radius 2 is 1.56 bits per heavy atom. The summed E-state index contributed by atoms with van der Waals surface area (Å²) in [5.74, 6) is -0.780. The lowest BCUT2D eigenvalue weighted by Crippen LogP contribution is -2.29. The van der Waals surface area contributed by atoms with Crippen LogP contribution in [0.5, 0.6) is 5.75 Å². The molecule has 1 fully saturated rings. The Bertz CT molecular complexity index is 1180. The molecule has 34 heavy (non-hydrogen) atoms. The number of carbonyl (C=O) groups is 2. The number of aliphatic hydroxyl groups excluding tert-OH is 1. The zero-order valence-corrected chi connectivity index (χ0v) is 19.5. The minimum Gasteiger partial charge on any atom is -0.507 e. The largest absolute Gasteiger partial charge is 0.507 e. The fourth-order valence-electron chi connectivity index (χ4n) is 4.19. The number of Topliss-reactive ketones (excluding diaryl/α,β-unsaturated/α-hetero) is 1. The third kappa shape index (κ3) is 4.74. The highest BCUT2D eigenvalue weighted by Crippen LogP contribution is 2.40. The fraction of sp³-hybridized carbons (Fsp3) is 0.241. The number of rotatable bonds is 8. The second kappa shape index (κ2) is 10.4. The van der Waals surface area contributed by atoms with Gasteiger partial charge in [0.05, 0.1) is 18.2 Å². The molecule has 4 rings (SSSR count). The highest BCUT2D eigenvalue weighted by Gasteiger charge is 2.46. The summed E-state index contributed by atoms with van der Waals surface area (Å²) < 4.78 is 5.62. The van der Waals surface area contributed by atoms with E-state index in [-0.39, 0.29) is 17.9 Å². The van der Waals surface area contributed by atoms with Gasteiger partial charge in [0.25, 0.3) is 11.7 Å². The molecule has 5 nitrogen and oxygen atoms in total. The van der Waals surface area contributed by atoms with Crippen molar-refractivity contribution in [2.45, 2.75) is 39.3 Å². The first-order valence-electron chi connectivity index (χ1n) is 11.7. The summed E-state index contributed by atoms with van der Waals surface area (Å²) >= 11 is 0. The molecule has 0 spiro atoms. The minimum atomic E-state index is -0.679. The summed E-state index contributed by atoms with van der Waals surface area (Å²) in [5, 5.41) is 11.2. The van der Waals surface area contributed by atoms with E-state index in [0.29, 0.717) is 17.9 Å². The molecule has 1 heterocycles. The molecular weight excluding hydrogens is 426 g/mol. The van der Waals surface area contributed by atoms with Gasteiger partial charge in [-0.3, -0.25) is 9.59 Å². The van der Waals surface area contributed by atoms with Gasteiger partial charge in [-0.05, 0) is 53.8 Å². The Balaban J connectivity index is 1.78. The van der Waals surface area contributed by atoms with Crippen LogP contribution < -0.4 is 4.74 Å². The molecular formula is C29H29NO4. The van der Waals surface area contributed by atoms with Gasteiger partial charge in [-0.25, -0.2) is 0 Å². The molecule has 0 aromatic heterocycles. The smallest absolute Gasteiger partial charge is 0.295 e. The van der Waals surface area contributed by atoms with Gasteiger partial charge in [0.2, 0.25) is 0 Å². The van der Waals surface area contributed by atoms with E-state index in [2.05, 4.69) is 6.92 Å². The third-order valence-corrected chi connectivity index (χ3v) is 6.04. The van der Waals surface area contributed by atoms with E-state index in [1.807, 2.05) is 61.5 Å². The summed E-state index contributed by atoms with van der Waals surface area (Å²) in [4.78, 5) is 27.9. The van der Waals surface area contributed by atoms with E-state index in [1.165, 1.54) is 0 Å². The van der Waals surface area contributed by atoms with E-state index in [4.69, 9.17) is 4.74 Å². The lowest BCUT2D eigenvalue weighted by atomic mass is 9.94. The van der Waals surface area contributed by atoms with Gasteiger partial charge in [0, 0.05) is 12.1 Å². The van der Waals surface area contributed by atoms with Crippen LogP contribution in [0.25, 0.3) is 5.76 Å². The molecule has 1 amide bonds. The van der Waals surface area contributed by atoms with Gasteiger partial charge in [0.15, 0.2) is 0 Å². The number of hydrogen-bond acceptors (Lipinski definition) is 4. The quantitative estimate of drug-likeness (QED) is 0.270. The van der Waals surface area contributed by atoms with E-state index >= 15 is 0 Å². The van der Waals surface area contributed by atoms with Crippen molar-refractivity contribution in [3.63, 3.8) is 0 Å². The van der Waals surface area contributed by atoms with Gasteiger partial charge in [-0.15, -0.1) is 0 Å². The van der Waals surface area contributed by atoms with Crippen LogP contribution in [-0.4, -0.2) is 28.3 Å². The van der Waals surface area contributed by atoms with Crippen LogP contribution in [0.1, 0.15) is 48.6 Å². The molecule has 5 heteroatoms. The first-order valence-corrected chi connectivity index (χ1v) is 11.7. The Morgan fingerprint density at radius 3 is 2.18 bits per heavy atom. The van der Waals surface area contributed by atoms with Crippen LogP contribution in [0.3, 0.4) is 0 Å². The van der Waals surface area contributed by atoms with Crippen LogP contribution in [-0.2, 0) is 22.6 Å². The summed E-state index contributed by atoms with van der Waals surface area (Å²) in [6.07, 6.45) is 1.78. The number of hydrogen-bond donors (Lipinski definition) is 1. The van der Waals surface area contributed by atoms with E-state index < -0.39 is 17.7 Å². The number of ketones is 1. The number of nitrogens with zero attached hydrogens (tertiary/aromatic N) is 1. The predicted octanol–water partition coefficient (Wildman–Crippen LogP) is 5.66. The number of amides is 1. The van der Waals surface area contributed by atoms with Gasteiger partial charge >= 0.3 is 0 Å². The molecule has 0 aliphatic carbocycles. The standard InChI is InChI=1S/C29H29NO4/c1-3-18-34-24-16-14-23(15-17-24)27(31)25-26(22-12-10-20(4-2)11-13-22)30(29(33)28(25)32)19-21-8-6-5-7-9-21/h5-17,26,31H,3-4,18-19H2,1-2H3. The Morgan fingerprint density at radius 1 is 0.882 bits per heavy atom. The maximum atomic E-state index is 13.2. The monoisotopic (exact) mass is 455 g/mol. The molecule has 3 aromatic carbocycles. The van der Waals surface area contributed by atoms with E-state index in [9.17, 15) is 14.7 Å². The average Bonchev–Trinajstić information content (AvgIpc) is 3.13. The lowest BCUT2D eigenvalue weighted by Gasteiger charge is -2.25. The van der Waals surface area contributed by atoms with Crippen LogP contribution >= 0.6 is 0 Å². The second-order valence-electron chi connectivity index (χ2n) is 8.38. The summed E-state index contributed by atoms with van der Waals surface area (Å²) in [6.45, 7) is 4.97. The second-order valence-corrected chi connectivity index (χ2v) is 8.38. The number of carbonyl (C=O) groups excluding carboxylic acids is 2. The fourth-order valence-corrected chi connectivity index (χ4v) is 4.19. The molecule has 1 unspecified atom stereocenters. The Kier molecular flexibility index (Phi) is 7.12. The van der Waals surface area contributed by atoms with Crippen LogP contribution in [0.2, 0.25) is 0 Å². The van der Waals surface area contributed by atoms with Crippen molar-refractivity contribution >= 4 is 17.4 Å².